The van der Waals surface area contributed by atoms with Crippen LogP contribution in [0.15, 0.2) is 70.9 Å². The highest BCUT2D eigenvalue weighted by molar-refractivity contribution is 6.71. The normalized spacial score (nSPS) is 14.8. The van der Waals surface area contributed by atoms with Crippen molar-refractivity contribution in [3.8, 4) is 17.0 Å². The zero-order chi connectivity index (χ0) is 26.2. The first kappa shape index (κ1) is 24.6. The topological polar surface area (TPSA) is 139 Å². The van der Waals surface area contributed by atoms with Crippen LogP contribution in [0.4, 0.5) is 11.4 Å². The molecule has 0 saturated heterocycles. The number of aromatic carboxylic acids is 1. The van der Waals surface area contributed by atoms with Crippen LogP contribution in [0.1, 0.15) is 43.7 Å². The zero-order valence-electron chi connectivity index (χ0n) is 20.2. The number of aromatic nitrogens is 1. The number of para-hydroxylation sites is 1. The average Bonchev–Trinajstić information content (AvgIpc) is 3.12. The number of benzene rings is 2. The minimum absolute atomic E-state index is 0.0439. The van der Waals surface area contributed by atoms with Gasteiger partial charge in [-0.15, -0.1) is 10.3 Å². The third kappa shape index (κ3) is 4.66. The van der Waals surface area contributed by atoms with E-state index in [1.807, 2.05) is 12.1 Å². The fourth-order valence-corrected chi connectivity index (χ4v) is 3.64. The number of anilines is 2. The second-order valence-electron chi connectivity index (χ2n) is 9.22. The smallest absolute Gasteiger partial charge is 0.354 e. The Morgan fingerprint density at radius 1 is 1.03 bits per heavy atom. The van der Waals surface area contributed by atoms with Crippen molar-refractivity contribution in [1.29, 1.82) is 0 Å². The van der Waals surface area contributed by atoms with Gasteiger partial charge in [0.15, 0.2) is 11.5 Å². The largest absolute Gasteiger partial charge is 0.505 e. The molecule has 0 atom stereocenters. The Morgan fingerprint density at radius 2 is 1.69 bits per heavy atom. The second-order valence-corrected chi connectivity index (χ2v) is 9.22. The number of carbonyl (C=O) groups excluding carboxylic acids is 1. The number of carbonyl (C=O) groups is 2. The van der Waals surface area contributed by atoms with Crippen LogP contribution in [-0.2, 0) is 10.2 Å². The number of phenolic OH excluding ortho intramolecular Hbond substituents is 1. The lowest BCUT2D eigenvalue weighted by Crippen LogP contribution is -2.29. The van der Waals surface area contributed by atoms with Crippen molar-refractivity contribution in [1.82, 2.24) is 4.98 Å². The van der Waals surface area contributed by atoms with Crippen LogP contribution < -0.4 is 10.2 Å². The molecule has 0 saturated carbocycles. The Hall–Kier alpha value is -4.57. The van der Waals surface area contributed by atoms with Crippen molar-refractivity contribution in [3.63, 3.8) is 0 Å². The number of hydrogen-bond donors (Lipinski definition) is 3. The molecule has 1 aromatic heterocycles. The summed E-state index contributed by atoms with van der Waals surface area (Å²) >= 11 is 0. The third-order valence-electron chi connectivity index (χ3n) is 5.63. The van der Waals surface area contributed by atoms with E-state index in [-0.39, 0.29) is 39.5 Å². The quantitative estimate of drug-likeness (QED) is 0.453. The van der Waals surface area contributed by atoms with Crippen molar-refractivity contribution in [2.45, 2.75) is 33.1 Å². The first-order valence-corrected chi connectivity index (χ1v) is 11.1. The second kappa shape index (κ2) is 9.23. The first-order valence-electron chi connectivity index (χ1n) is 11.1. The van der Waals surface area contributed by atoms with Gasteiger partial charge < -0.3 is 10.2 Å². The van der Waals surface area contributed by atoms with Gasteiger partial charge in [-0.3, -0.25) is 10.0 Å². The molecule has 3 N–H and O–H groups in total. The molecule has 1 amide bonds. The standard InChI is InChI=1S/C26H25N5O5/c1-15-22(24(33)30(28-15)17-13-11-16(12-14-17)26(2,3)4)29-31(36)21-10-5-7-18(23(21)32)19-8-6-9-20(27-19)25(34)35/h5-14,32,36H,1-4H3,(H,34,35). The van der Waals surface area contributed by atoms with E-state index in [9.17, 15) is 25.0 Å². The number of carboxylic acid groups (broad SMARTS) is 1. The summed E-state index contributed by atoms with van der Waals surface area (Å²) in [6.45, 7) is 7.87. The minimum Gasteiger partial charge on any atom is -0.505 e. The van der Waals surface area contributed by atoms with Crippen LogP contribution >= 0.6 is 0 Å². The van der Waals surface area contributed by atoms with Gasteiger partial charge in [-0.2, -0.15) is 10.1 Å². The molecule has 2 aromatic carbocycles. The van der Waals surface area contributed by atoms with Crippen molar-refractivity contribution in [2.24, 2.45) is 10.2 Å². The van der Waals surface area contributed by atoms with Crippen LogP contribution in [0.2, 0.25) is 0 Å². The number of nitrogens with zero attached hydrogens (tertiary/aromatic N) is 5. The molecule has 0 radical (unpaired) electrons. The van der Waals surface area contributed by atoms with Gasteiger partial charge in [-0.05, 0) is 54.3 Å². The molecular formula is C26H25N5O5. The number of amides is 1. The molecule has 0 unspecified atom stereocenters. The fraction of sp³-hybridized carbons (Fsp3) is 0.192. The maximum Gasteiger partial charge on any atom is 0.354 e. The highest BCUT2D eigenvalue weighted by Gasteiger charge is 2.32. The Morgan fingerprint density at radius 3 is 2.33 bits per heavy atom. The van der Waals surface area contributed by atoms with Crippen LogP contribution in [0, 0.1) is 0 Å². The summed E-state index contributed by atoms with van der Waals surface area (Å²) in [4.78, 5) is 28.3. The van der Waals surface area contributed by atoms with Gasteiger partial charge in [0.25, 0.3) is 0 Å². The summed E-state index contributed by atoms with van der Waals surface area (Å²) in [5, 5.41) is 40.5. The summed E-state index contributed by atoms with van der Waals surface area (Å²) in [5.41, 5.74) is 1.84. The van der Waals surface area contributed by atoms with Gasteiger partial charge in [0.1, 0.15) is 11.4 Å². The Bertz CT molecular complexity index is 1410. The van der Waals surface area contributed by atoms with Crippen LogP contribution in [0.25, 0.3) is 11.3 Å². The summed E-state index contributed by atoms with van der Waals surface area (Å²) < 4.78 is 0. The van der Waals surface area contributed by atoms with Crippen molar-refractivity contribution in [2.75, 3.05) is 10.2 Å². The van der Waals surface area contributed by atoms with Gasteiger partial charge in [0, 0.05) is 5.56 Å². The molecule has 1 aliphatic heterocycles. The molecule has 0 fully saturated rings. The molecule has 0 aliphatic carbocycles. The average molecular weight is 488 g/mol. The number of aromatic hydroxyl groups is 1. The summed E-state index contributed by atoms with van der Waals surface area (Å²) in [6.07, 6.45) is 0. The van der Waals surface area contributed by atoms with E-state index < -0.39 is 17.6 Å². The molecule has 184 valence electrons. The SMILES string of the molecule is CC1=NN(c2ccc(C(C)(C)C)cc2)C(=O)C1=NN(O)c1cccc(-c2cccc(C(=O)O)n2)c1O. The van der Waals surface area contributed by atoms with E-state index in [1.165, 1.54) is 41.4 Å². The molecule has 0 bridgehead atoms. The van der Waals surface area contributed by atoms with Gasteiger partial charge in [-0.25, -0.2) is 9.78 Å². The summed E-state index contributed by atoms with van der Waals surface area (Å²) in [6, 6.07) is 16.2. The van der Waals surface area contributed by atoms with Crippen LogP contribution in [-0.4, -0.2) is 43.7 Å². The highest BCUT2D eigenvalue weighted by Crippen LogP contribution is 2.36. The van der Waals surface area contributed by atoms with Gasteiger partial charge in [0.2, 0.25) is 0 Å². The monoisotopic (exact) mass is 487 g/mol. The maximum absolute atomic E-state index is 13.1. The molecule has 3 aromatic rings. The van der Waals surface area contributed by atoms with Gasteiger partial charge in [-0.1, -0.05) is 45.0 Å². The zero-order valence-corrected chi connectivity index (χ0v) is 20.2. The number of carboxylic acids is 1. The molecule has 1 aliphatic rings. The van der Waals surface area contributed by atoms with Gasteiger partial charge >= 0.3 is 11.9 Å². The highest BCUT2D eigenvalue weighted by atomic mass is 16.5. The predicted octanol–water partition coefficient (Wildman–Crippen LogP) is 4.42. The van der Waals surface area contributed by atoms with Crippen LogP contribution in [0.3, 0.4) is 0 Å². The predicted molar refractivity (Wildman–Crippen MR) is 136 cm³/mol. The number of rotatable bonds is 5. The molecule has 4 rings (SSSR count). The minimum atomic E-state index is -1.21. The van der Waals surface area contributed by atoms with Crippen molar-refractivity contribution >= 4 is 34.7 Å². The van der Waals surface area contributed by atoms with Gasteiger partial charge in [0.05, 0.1) is 17.1 Å². The fourth-order valence-electron chi connectivity index (χ4n) is 3.64. The first-order chi connectivity index (χ1) is 17.0. The van der Waals surface area contributed by atoms with Crippen molar-refractivity contribution in [3.05, 3.63) is 71.9 Å². The molecule has 2 heterocycles. The van der Waals surface area contributed by atoms with E-state index in [0.717, 1.165) is 5.56 Å². The number of phenols is 1. The maximum atomic E-state index is 13.1. The number of hydrogen-bond acceptors (Lipinski definition) is 8. The molecular weight excluding hydrogens is 462 g/mol. The summed E-state index contributed by atoms with van der Waals surface area (Å²) in [7, 11) is 0. The third-order valence-corrected chi connectivity index (χ3v) is 5.63. The van der Waals surface area contributed by atoms with E-state index in [4.69, 9.17) is 0 Å². The van der Waals surface area contributed by atoms with E-state index in [0.29, 0.717) is 10.9 Å². The lowest BCUT2D eigenvalue weighted by molar-refractivity contribution is -0.112. The molecule has 0 spiro atoms. The van der Waals surface area contributed by atoms with Crippen LogP contribution in [0.5, 0.6) is 5.75 Å². The molecule has 36 heavy (non-hydrogen) atoms. The number of pyridine rings is 1. The van der Waals surface area contributed by atoms with Crippen molar-refractivity contribution < 1.29 is 25.0 Å². The summed E-state index contributed by atoms with van der Waals surface area (Å²) in [5.74, 6) is -2.15. The molecule has 10 heteroatoms. The lowest BCUT2D eigenvalue weighted by atomic mass is 9.87. The van der Waals surface area contributed by atoms with E-state index in [2.05, 4.69) is 36.0 Å². The Kier molecular flexibility index (Phi) is 6.30. The number of hydrazone groups is 2. The van der Waals surface area contributed by atoms with E-state index in [1.54, 1.807) is 19.1 Å². The van der Waals surface area contributed by atoms with E-state index >= 15 is 0 Å². The Balaban J connectivity index is 1.63. The Labute approximate surface area is 207 Å². The lowest BCUT2D eigenvalue weighted by Gasteiger charge is -2.20. The molecule has 10 nitrogen and oxygen atoms in total.